The number of amides is 1. The average molecular weight is 452 g/mol. The SMILES string of the molecule is CCCCCCCCCCCCCCNc1nc(NCCCNC(=O)O)nc(N(C)C)n1. The van der Waals surface area contributed by atoms with Crippen LogP contribution >= 0.6 is 0 Å². The molecule has 0 spiro atoms. The van der Waals surface area contributed by atoms with Crippen molar-refractivity contribution in [1.82, 2.24) is 20.3 Å². The summed E-state index contributed by atoms with van der Waals surface area (Å²) in [6.45, 7) is 4.08. The summed E-state index contributed by atoms with van der Waals surface area (Å²) in [7, 11) is 3.79. The highest BCUT2D eigenvalue weighted by Crippen LogP contribution is 2.13. The van der Waals surface area contributed by atoms with E-state index in [1.165, 1.54) is 70.6 Å². The van der Waals surface area contributed by atoms with Gasteiger partial charge in [-0.3, -0.25) is 0 Å². The molecule has 0 fully saturated rings. The van der Waals surface area contributed by atoms with Crippen molar-refractivity contribution in [3.8, 4) is 0 Å². The van der Waals surface area contributed by atoms with Gasteiger partial charge in [-0.1, -0.05) is 77.6 Å². The molecule has 0 aromatic carbocycles. The summed E-state index contributed by atoms with van der Waals surface area (Å²) < 4.78 is 0. The van der Waals surface area contributed by atoms with Gasteiger partial charge in [-0.2, -0.15) is 15.0 Å². The number of hydrogen-bond donors (Lipinski definition) is 4. The number of nitrogens with one attached hydrogen (secondary N) is 3. The summed E-state index contributed by atoms with van der Waals surface area (Å²) >= 11 is 0. The van der Waals surface area contributed by atoms with Crippen molar-refractivity contribution < 1.29 is 9.90 Å². The molecule has 4 N–H and O–H groups in total. The van der Waals surface area contributed by atoms with Crippen LogP contribution in [0.1, 0.15) is 90.4 Å². The van der Waals surface area contributed by atoms with E-state index in [-0.39, 0.29) is 0 Å². The van der Waals surface area contributed by atoms with Gasteiger partial charge in [-0.25, -0.2) is 4.79 Å². The Kier molecular flexibility index (Phi) is 15.8. The predicted molar refractivity (Wildman–Crippen MR) is 133 cm³/mol. The second-order valence-electron chi connectivity index (χ2n) is 8.51. The van der Waals surface area contributed by atoms with Crippen LogP contribution < -0.4 is 20.9 Å². The number of anilines is 3. The zero-order chi connectivity index (χ0) is 23.4. The van der Waals surface area contributed by atoms with Crippen molar-refractivity contribution in [3.05, 3.63) is 0 Å². The van der Waals surface area contributed by atoms with Crippen molar-refractivity contribution in [3.63, 3.8) is 0 Å². The fourth-order valence-corrected chi connectivity index (χ4v) is 3.37. The van der Waals surface area contributed by atoms with Gasteiger partial charge in [-0.05, 0) is 12.8 Å². The summed E-state index contributed by atoms with van der Waals surface area (Å²) in [5.41, 5.74) is 0. The van der Waals surface area contributed by atoms with Gasteiger partial charge in [0.25, 0.3) is 0 Å². The topological polar surface area (TPSA) is 115 Å². The van der Waals surface area contributed by atoms with Crippen LogP contribution in [0.25, 0.3) is 0 Å². The summed E-state index contributed by atoms with van der Waals surface area (Å²) in [6, 6.07) is 0. The maximum Gasteiger partial charge on any atom is 0.404 e. The lowest BCUT2D eigenvalue weighted by molar-refractivity contribution is 0.194. The first-order valence-electron chi connectivity index (χ1n) is 12.4. The second kappa shape index (κ2) is 18.3. The largest absolute Gasteiger partial charge is 0.465 e. The van der Waals surface area contributed by atoms with Gasteiger partial charge >= 0.3 is 6.09 Å². The molecule has 0 atom stereocenters. The minimum atomic E-state index is -1.01. The van der Waals surface area contributed by atoms with E-state index in [1.807, 2.05) is 19.0 Å². The van der Waals surface area contributed by atoms with Crippen molar-refractivity contribution in [2.24, 2.45) is 0 Å². The molecule has 0 aliphatic heterocycles. The first-order valence-corrected chi connectivity index (χ1v) is 12.4. The van der Waals surface area contributed by atoms with Crippen molar-refractivity contribution in [2.45, 2.75) is 90.4 Å². The van der Waals surface area contributed by atoms with Gasteiger partial charge < -0.3 is 26.0 Å². The maximum atomic E-state index is 10.5. The number of carbonyl (C=O) groups is 1. The highest BCUT2D eigenvalue weighted by atomic mass is 16.4. The lowest BCUT2D eigenvalue weighted by atomic mass is 10.1. The van der Waals surface area contributed by atoms with Crippen LogP contribution in [0.3, 0.4) is 0 Å². The fraction of sp³-hybridized carbons (Fsp3) is 0.826. The minimum absolute atomic E-state index is 0.387. The molecule has 0 aliphatic carbocycles. The molecule has 1 heterocycles. The lowest BCUT2D eigenvalue weighted by Gasteiger charge is -2.14. The number of hydrogen-bond acceptors (Lipinski definition) is 7. The standard InChI is InChI=1S/C23H45N7O2/c1-4-5-6-7-8-9-10-11-12-13-14-15-17-24-20-27-21(29-22(28-20)30(2)3)25-18-16-19-26-23(31)32/h26H,4-19H2,1-3H3,(H,31,32)(H2,24,25,27,28,29). The van der Waals surface area contributed by atoms with Gasteiger partial charge in [0.15, 0.2) is 0 Å². The van der Waals surface area contributed by atoms with E-state index < -0.39 is 6.09 Å². The Morgan fingerprint density at radius 1 is 0.719 bits per heavy atom. The van der Waals surface area contributed by atoms with E-state index in [2.05, 4.69) is 37.8 Å². The average Bonchev–Trinajstić information content (AvgIpc) is 2.76. The van der Waals surface area contributed by atoms with Gasteiger partial charge in [0.1, 0.15) is 0 Å². The third kappa shape index (κ3) is 14.6. The Morgan fingerprint density at radius 2 is 1.19 bits per heavy atom. The van der Waals surface area contributed by atoms with E-state index >= 15 is 0 Å². The van der Waals surface area contributed by atoms with Crippen LogP contribution in [0.15, 0.2) is 0 Å². The summed E-state index contributed by atoms with van der Waals surface area (Å²) in [6.07, 6.45) is 15.6. The first-order chi connectivity index (χ1) is 15.5. The molecular weight excluding hydrogens is 406 g/mol. The Balaban J connectivity index is 2.19. The molecule has 1 aromatic rings. The Hall–Kier alpha value is -2.32. The zero-order valence-corrected chi connectivity index (χ0v) is 20.5. The van der Waals surface area contributed by atoms with E-state index in [1.54, 1.807) is 0 Å². The molecule has 1 rings (SSSR count). The smallest absolute Gasteiger partial charge is 0.404 e. The predicted octanol–water partition coefficient (Wildman–Crippen LogP) is 5.12. The van der Waals surface area contributed by atoms with E-state index in [0.29, 0.717) is 37.4 Å². The number of nitrogens with zero attached hydrogens (tertiary/aromatic N) is 4. The molecule has 0 unspecified atom stereocenters. The Morgan fingerprint density at radius 3 is 1.66 bits per heavy atom. The van der Waals surface area contributed by atoms with Crippen molar-refractivity contribution in [1.29, 1.82) is 0 Å². The molecule has 1 aromatic heterocycles. The molecular formula is C23H45N7O2. The molecule has 32 heavy (non-hydrogen) atoms. The van der Waals surface area contributed by atoms with Gasteiger partial charge in [0.2, 0.25) is 17.8 Å². The monoisotopic (exact) mass is 451 g/mol. The summed E-state index contributed by atoms with van der Waals surface area (Å²) in [4.78, 5) is 25.6. The molecule has 9 nitrogen and oxygen atoms in total. The molecule has 0 saturated heterocycles. The first kappa shape index (κ1) is 27.7. The van der Waals surface area contributed by atoms with Crippen LogP contribution in [-0.4, -0.2) is 59.9 Å². The third-order valence-corrected chi connectivity index (χ3v) is 5.25. The highest BCUT2D eigenvalue weighted by molar-refractivity contribution is 5.64. The second-order valence-corrected chi connectivity index (χ2v) is 8.51. The molecule has 0 radical (unpaired) electrons. The Bertz CT molecular complexity index is 614. The molecule has 0 bridgehead atoms. The molecule has 0 saturated carbocycles. The summed E-state index contributed by atoms with van der Waals surface area (Å²) in [5.74, 6) is 1.65. The zero-order valence-electron chi connectivity index (χ0n) is 20.5. The van der Waals surface area contributed by atoms with Crippen LogP contribution in [-0.2, 0) is 0 Å². The molecule has 184 valence electrons. The van der Waals surface area contributed by atoms with Crippen LogP contribution in [0.4, 0.5) is 22.6 Å². The lowest BCUT2D eigenvalue weighted by Crippen LogP contribution is -2.24. The van der Waals surface area contributed by atoms with Gasteiger partial charge in [0, 0.05) is 33.7 Å². The summed E-state index contributed by atoms with van der Waals surface area (Å²) in [5, 5.41) is 17.4. The van der Waals surface area contributed by atoms with E-state index in [0.717, 1.165) is 13.0 Å². The number of aromatic nitrogens is 3. The van der Waals surface area contributed by atoms with Crippen LogP contribution in [0.5, 0.6) is 0 Å². The van der Waals surface area contributed by atoms with Crippen molar-refractivity contribution in [2.75, 3.05) is 49.3 Å². The van der Waals surface area contributed by atoms with Crippen LogP contribution in [0.2, 0.25) is 0 Å². The molecule has 1 amide bonds. The molecule has 9 heteroatoms. The van der Waals surface area contributed by atoms with E-state index in [4.69, 9.17) is 5.11 Å². The molecule has 0 aliphatic rings. The van der Waals surface area contributed by atoms with Gasteiger partial charge in [0.05, 0.1) is 0 Å². The minimum Gasteiger partial charge on any atom is -0.465 e. The van der Waals surface area contributed by atoms with Crippen LogP contribution in [0, 0.1) is 0 Å². The fourth-order valence-electron chi connectivity index (χ4n) is 3.37. The highest BCUT2D eigenvalue weighted by Gasteiger charge is 2.08. The quantitative estimate of drug-likeness (QED) is 0.202. The van der Waals surface area contributed by atoms with Crippen molar-refractivity contribution >= 4 is 23.9 Å². The number of unbranched alkanes of at least 4 members (excludes halogenated alkanes) is 11. The third-order valence-electron chi connectivity index (χ3n) is 5.25. The normalized spacial score (nSPS) is 10.7. The van der Waals surface area contributed by atoms with Gasteiger partial charge in [-0.15, -0.1) is 0 Å². The maximum absolute atomic E-state index is 10.5. The Labute approximate surface area is 194 Å². The number of carboxylic acid groups (broad SMARTS) is 1. The van der Waals surface area contributed by atoms with E-state index in [9.17, 15) is 4.79 Å². The number of rotatable bonds is 20.